The van der Waals surface area contributed by atoms with E-state index in [2.05, 4.69) is 4.98 Å². The molecule has 0 fully saturated rings. The van der Waals surface area contributed by atoms with Gasteiger partial charge in [0.15, 0.2) is 0 Å². The third-order valence-corrected chi connectivity index (χ3v) is 2.93. The molecule has 1 aromatic carbocycles. The van der Waals surface area contributed by atoms with E-state index in [1.807, 2.05) is 18.0 Å². The summed E-state index contributed by atoms with van der Waals surface area (Å²) in [5, 5.41) is 0.128. The van der Waals surface area contributed by atoms with Crippen molar-refractivity contribution < 1.29 is 4.39 Å². The van der Waals surface area contributed by atoms with Crippen LogP contribution in [0.25, 0.3) is 0 Å². The lowest BCUT2D eigenvalue weighted by molar-refractivity contribution is 0.627. The predicted octanol–water partition coefficient (Wildman–Crippen LogP) is 3.09. The number of nitrogen functional groups attached to an aromatic ring is 1. The highest BCUT2D eigenvalue weighted by atomic mass is 35.5. The second kappa shape index (κ2) is 5.23. The van der Waals surface area contributed by atoms with Gasteiger partial charge in [-0.15, -0.1) is 0 Å². The fourth-order valence-corrected chi connectivity index (χ4v) is 1.95. The molecular formula is C13H13ClFN3. The topological polar surface area (TPSA) is 42.2 Å². The minimum absolute atomic E-state index is 0.128. The molecule has 0 atom stereocenters. The van der Waals surface area contributed by atoms with Crippen LogP contribution in [0.1, 0.15) is 5.56 Å². The van der Waals surface area contributed by atoms with Crippen LogP contribution in [0.3, 0.4) is 0 Å². The van der Waals surface area contributed by atoms with Crippen molar-refractivity contribution in [1.82, 2.24) is 4.98 Å². The normalized spacial score (nSPS) is 10.4. The monoisotopic (exact) mass is 265 g/mol. The van der Waals surface area contributed by atoms with Crippen molar-refractivity contribution in [2.24, 2.45) is 0 Å². The lowest BCUT2D eigenvalue weighted by Gasteiger charge is -2.20. The molecule has 0 amide bonds. The molecule has 1 heterocycles. The average molecular weight is 266 g/mol. The molecule has 0 unspecified atom stereocenters. The largest absolute Gasteiger partial charge is 0.396 e. The van der Waals surface area contributed by atoms with Gasteiger partial charge in [-0.2, -0.15) is 0 Å². The van der Waals surface area contributed by atoms with Crippen LogP contribution in [-0.4, -0.2) is 12.0 Å². The first-order valence-electron chi connectivity index (χ1n) is 5.42. The van der Waals surface area contributed by atoms with Crippen molar-refractivity contribution in [3.8, 4) is 0 Å². The number of anilines is 2. The third kappa shape index (κ3) is 2.71. The van der Waals surface area contributed by atoms with Gasteiger partial charge in [-0.1, -0.05) is 17.7 Å². The zero-order valence-electron chi connectivity index (χ0n) is 9.90. The van der Waals surface area contributed by atoms with Gasteiger partial charge in [0, 0.05) is 19.8 Å². The van der Waals surface area contributed by atoms with Gasteiger partial charge in [0.25, 0.3) is 0 Å². The van der Waals surface area contributed by atoms with Crippen LogP contribution in [0.4, 0.5) is 15.8 Å². The average Bonchev–Trinajstić information content (AvgIpc) is 2.34. The molecule has 0 spiro atoms. The maximum absolute atomic E-state index is 13.0. The molecule has 5 heteroatoms. The Morgan fingerprint density at radius 2 is 2.17 bits per heavy atom. The minimum Gasteiger partial charge on any atom is -0.396 e. The summed E-state index contributed by atoms with van der Waals surface area (Å²) in [7, 11) is 1.91. The standard InChI is InChI=1S/C13H13ClFN3/c1-18(13-4-5-17-7-12(13)16)8-9-2-3-11(15)10(14)6-9/h2-7H,8,16H2,1H3. The van der Waals surface area contributed by atoms with E-state index in [1.54, 1.807) is 24.5 Å². The van der Waals surface area contributed by atoms with Crippen molar-refractivity contribution in [2.75, 3.05) is 17.7 Å². The van der Waals surface area contributed by atoms with Crippen LogP contribution in [0.15, 0.2) is 36.7 Å². The van der Waals surface area contributed by atoms with E-state index < -0.39 is 5.82 Å². The number of nitrogens with two attached hydrogens (primary N) is 1. The number of nitrogens with zero attached hydrogens (tertiary/aromatic N) is 2. The summed E-state index contributed by atoms with van der Waals surface area (Å²) in [5.41, 5.74) is 8.24. The Morgan fingerprint density at radius 3 is 2.83 bits per heavy atom. The minimum atomic E-state index is -0.411. The van der Waals surface area contributed by atoms with E-state index in [0.29, 0.717) is 12.2 Å². The van der Waals surface area contributed by atoms with Gasteiger partial charge >= 0.3 is 0 Å². The number of halogens is 2. The molecule has 0 aliphatic heterocycles. The van der Waals surface area contributed by atoms with Gasteiger partial charge < -0.3 is 10.6 Å². The Bertz CT molecular complexity index is 560. The summed E-state index contributed by atoms with van der Waals surface area (Å²) >= 11 is 5.75. The van der Waals surface area contributed by atoms with E-state index in [1.165, 1.54) is 6.07 Å². The van der Waals surface area contributed by atoms with E-state index in [4.69, 9.17) is 17.3 Å². The van der Waals surface area contributed by atoms with E-state index in [9.17, 15) is 4.39 Å². The highest BCUT2D eigenvalue weighted by molar-refractivity contribution is 6.30. The first-order valence-corrected chi connectivity index (χ1v) is 5.80. The van der Waals surface area contributed by atoms with Crippen LogP contribution in [0.2, 0.25) is 5.02 Å². The molecule has 0 radical (unpaired) electrons. The summed E-state index contributed by atoms with van der Waals surface area (Å²) in [6, 6.07) is 6.52. The van der Waals surface area contributed by atoms with Crippen LogP contribution in [0.5, 0.6) is 0 Å². The Labute approximate surface area is 110 Å². The van der Waals surface area contributed by atoms with Crippen molar-refractivity contribution >= 4 is 23.0 Å². The number of rotatable bonds is 3. The van der Waals surface area contributed by atoms with Gasteiger partial charge in [-0.05, 0) is 23.8 Å². The molecule has 2 rings (SSSR count). The second-order valence-electron chi connectivity index (χ2n) is 4.04. The quantitative estimate of drug-likeness (QED) is 0.927. The molecule has 2 N–H and O–H groups in total. The molecule has 2 aromatic rings. The zero-order valence-corrected chi connectivity index (χ0v) is 10.7. The first kappa shape index (κ1) is 12.6. The first-order chi connectivity index (χ1) is 8.58. The number of hydrogen-bond acceptors (Lipinski definition) is 3. The zero-order chi connectivity index (χ0) is 13.1. The molecule has 0 bridgehead atoms. The Balaban J connectivity index is 2.19. The van der Waals surface area contributed by atoms with Crippen LogP contribution in [0, 0.1) is 5.82 Å². The molecule has 0 aliphatic carbocycles. The maximum Gasteiger partial charge on any atom is 0.141 e. The van der Waals surface area contributed by atoms with Crippen LogP contribution in [-0.2, 0) is 6.54 Å². The van der Waals surface area contributed by atoms with Crippen LogP contribution >= 0.6 is 11.6 Å². The summed E-state index contributed by atoms with van der Waals surface area (Å²) in [4.78, 5) is 5.90. The number of hydrogen-bond donors (Lipinski definition) is 1. The van der Waals surface area contributed by atoms with E-state index in [0.717, 1.165) is 11.3 Å². The van der Waals surface area contributed by atoms with E-state index >= 15 is 0 Å². The maximum atomic E-state index is 13.0. The molecule has 0 aliphatic rings. The second-order valence-corrected chi connectivity index (χ2v) is 4.45. The number of pyridine rings is 1. The van der Waals surface area contributed by atoms with Crippen LogP contribution < -0.4 is 10.6 Å². The molecular weight excluding hydrogens is 253 g/mol. The predicted molar refractivity (Wildman–Crippen MR) is 72.2 cm³/mol. The Hall–Kier alpha value is -1.81. The molecule has 94 valence electrons. The lowest BCUT2D eigenvalue weighted by atomic mass is 10.2. The van der Waals surface area contributed by atoms with Gasteiger partial charge in [-0.25, -0.2) is 4.39 Å². The Kier molecular flexibility index (Phi) is 3.67. The number of aromatic nitrogens is 1. The molecule has 18 heavy (non-hydrogen) atoms. The van der Waals surface area contributed by atoms with Gasteiger partial charge in [-0.3, -0.25) is 4.98 Å². The highest BCUT2D eigenvalue weighted by Crippen LogP contribution is 2.23. The van der Waals surface area contributed by atoms with Crippen molar-refractivity contribution in [3.63, 3.8) is 0 Å². The Morgan fingerprint density at radius 1 is 1.39 bits per heavy atom. The van der Waals surface area contributed by atoms with Gasteiger partial charge in [0.2, 0.25) is 0 Å². The smallest absolute Gasteiger partial charge is 0.141 e. The highest BCUT2D eigenvalue weighted by Gasteiger charge is 2.07. The third-order valence-electron chi connectivity index (χ3n) is 2.64. The van der Waals surface area contributed by atoms with Gasteiger partial charge in [0.05, 0.1) is 22.6 Å². The molecule has 3 nitrogen and oxygen atoms in total. The summed E-state index contributed by atoms with van der Waals surface area (Å²) in [6.07, 6.45) is 3.28. The van der Waals surface area contributed by atoms with Crippen molar-refractivity contribution in [2.45, 2.75) is 6.54 Å². The molecule has 0 saturated carbocycles. The summed E-state index contributed by atoms with van der Waals surface area (Å²) in [5.74, 6) is -0.411. The molecule has 1 aromatic heterocycles. The summed E-state index contributed by atoms with van der Waals surface area (Å²) < 4.78 is 13.0. The molecule has 0 saturated heterocycles. The lowest BCUT2D eigenvalue weighted by Crippen LogP contribution is -2.17. The number of benzene rings is 1. The van der Waals surface area contributed by atoms with Gasteiger partial charge in [0.1, 0.15) is 5.82 Å². The fraction of sp³-hybridized carbons (Fsp3) is 0.154. The van der Waals surface area contributed by atoms with E-state index in [-0.39, 0.29) is 5.02 Å². The fourth-order valence-electron chi connectivity index (χ4n) is 1.74. The van der Waals surface area contributed by atoms with Crippen molar-refractivity contribution in [1.29, 1.82) is 0 Å². The summed E-state index contributed by atoms with van der Waals surface area (Å²) in [6.45, 7) is 0.591. The van der Waals surface area contributed by atoms with Crippen molar-refractivity contribution in [3.05, 3.63) is 53.1 Å². The SMILES string of the molecule is CN(Cc1ccc(F)c(Cl)c1)c1ccncc1N.